The Kier molecular flexibility index (Phi) is 4.32. The van der Waals surface area contributed by atoms with E-state index in [9.17, 15) is 4.39 Å². The Bertz CT molecular complexity index is 859. The second-order valence-corrected chi connectivity index (χ2v) is 6.63. The van der Waals surface area contributed by atoms with Gasteiger partial charge in [-0.05, 0) is 37.6 Å². The Hall–Kier alpha value is -2.53. The van der Waals surface area contributed by atoms with Crippen molar-refractivity contribution in [2.24, 2.45) is 0 Å². The van der Waals surface area contributed by atoms with E-state index in [1.165, 1.54) is 17.2 Å². The van der Waals surface area contributed by atoms with Crippen LogP contribution in [0.25, 0.3) is 11.5 Å². The van der Waals surface area contributed by atoms with E-state index in [4.69, 9.17) is 4.42 Å². The summed E-state index contributed by atoms with van der Waals surface area (Å²) < 4.78 is 19.6. The van der Waals surface area contributed by atoms with E-state index in [2.05, 4.69) is 46.3 Å². The van der Waals surface area contributed by atoms with E-state index in [0.29, 0.717) is 11.5 Å². The number of nitrogens with zero attached hydrogens (tertiary/aromatic N) is 3. The molecular formula is C20H20FN3O. The Balaban J connectivity index is 1.44. The van der Waals surface area contributed by atoms with Crippen molar-refractivity contribution in [1.29, 1.82) is 0 Å². The number of likely N-dealkylation sites (tertiary alicyclic amines) is 1. The highest BCUT2D eigenvalue weighted by atomic mass is 19.1. The van der Waals surface area contributed by atoms with Crippen LogP contribution < -0.4 is 0 Å². The van der Waals surface area contributed by atoms with Gasteiger partial charge in [-0.15, -0.1) is 10.2 Å². The van der Waals surface area contributed by atoms with Gasteiger partial charge < -0.3 is 4.42 Å². The molecule has 0 spiro atoms. The number of benzene rings is 2. The van der Waals surface area contributed by atoms with Crippen molar-refractivity contribution >= 4 is 0 Å². The van der Waals surface area contributed by atoms with Crippen molar-refractivity contribution in [3.8, 4) is 11.5 Å². The maximum atomic E-state index is 13.9. The monoisotopic (exact) mass is 337 g/mol. The van der Waals surface area contributed by atoms with E-state index in [-0.39, 0.29) is 17.6 Å². The average Bonchev–Trinajstić information content (AvgIpc) is 3.27. The van der Waals surface area contributed by atoms with Gasteiger partial charge in [0.2, 0.25) is 5.89 Å². The molecule has 0 radical (unpaired) electrons. The maximum Gasteiger partial charge on any atom is 0.250 e. The van der Waals surface area contributed by atoms with Gasteiger partial charge in [0.15, 0.2) is 0 Å². The standard InChI is InChI=1S/C20H20FN3O/c1-14-6-8-15(9-7-14)12-24-11-10-16(13-24)19-22-23-20(25-19)17-4-2-3-5-18(17)21/h2-9,16H,10-13H2,1H3. The molecular weight excluding hydrogens is 317 g/mol. The van der Waals surface area contributed by atoms with Gasteiger partial charge in [0, 0.05) is 13.1 Å². The molecule has 1 saturated heterocycles. The fourth-order valence-corrected chi connectivity index (χ4v) is 3.27. The first kappa shape index (κ1) is 16.0. The van der Waals surface area contributed by atoms with Crippen LogP contribution in [0.15, 0.2) is 52.9 Å². The molecule has 1 aromatic heterocycles. The van der Waals surface area contributed by atoms with Gasteiger partial charge in [-0.2, -0.15) is 0 Å². The first-order valence-electron chi connectivity index (χ1n) is 8.55. The molecule has 4 rings (SSSR count). The smallest absolute Gasteiger partial charge is 0.250 e. The Morgan fingerprint density at radius 3 is 2.72 bits per heavy atom. The van der Waals surface area contributed by atoms with E-state index < -0.39 is 0 Å². The van der Waals surface area contributed by atoms with Gasteiger partial charge in [-0.25, -0.2) is 4.39 Å². The van der Waals surface area contributed by atoms with Gasteiger partial charge in [0.25, 0.3) is 5.89 Å². The van der Waals surface area contributed by atoms with Crippen LogP contribution in [0.3, 0.4) is 0 Å². The molecule has 5 heteroatoms. The summed E-state index contributed by atoms with van der Waals surface area (Å²) in [5.41, 5.74) is 2.94. The van der Waals surface area contributed by atoms with E-state index >= 15 is 0 Å². The van der Waals surface area contributed by atoms with Crippen molar-refractivity contribution in [2.75, 3.05) is 13.1 Å². The predicted molar refractivity (Wildman–Crippen MR) is 93.5 cm³/mol. The van der Waals surface area contributed by atoms with Crippen LogP contribution in [-0.2, 0) is 6.54 Å². The van der Waals surface area contributed by atoms with Crippen LogP contribution in [0.5, 0.6) is 0 Å². The second kappa shape index (κ2) is 6.76. The van der Waals surface area contributed by atoms with Gasteiger partial charge in [0.1, 0.15) is 5.82 Å². The summed E-state index contributed by atoms with van der Waals surface area (Å²) in [5, 5.41) is 8.19. The zero-order valence-electron chi connectivity index (χ0n) is 14.2. The van der Waals surface area contributed by atoms with Crippen molar-refractivity contribution in [3.63, 3.8) is 0 Å². The van der Waals surface area contributed by atoms with Gasteiger partial charge in [-0.3, -0.25) is 4.90 Å². The van der Waals surface area contributed by atoms with Crippen molar-refractivity contribution < 1.29 is 8.81 Å². The van der Waals surface area contributed by atoms with Crippen LogP contribution in [0.2, 0.25) is 0 Å². The summed E-state index contributed by atoms with van der Waals surface area (Å²) in [5.74, 6) is 0.721. The Labute approximate surface area is 146 Å². The second-order valence-electron chi connectivity index (χ2n) is 6.63. The minimum absolute atomic E-state index is 0.207. The number of aryl methyl sites for hydroxylation is 1. The normalized spacial score (nSPS) is 17.9. The Morgan fingerprint density at radius 1 is 1.12 bits per heavy atom. The molecule has 128 valence electrons. The third kappa shape index (κ3) is 3.46. The molecule has 3 aromatic rings. The van der Waals surface area contributed by atoms with Gasteiger partial charge >= 0.3 is 0 Å². The molecule has 2 aromatic carbocycles. The molecule has 2 heterocycles. The topological polar surface area (TPSA) is 42.2 Å². The lowest BCUT2D eigenvalue weighted by Gasteiger charge is -2.15. The predicted octanol–water partition coefficient (Wildman–Crippen LogP) is 4.17. The SMILES string of the molecule is Cc1ccc(CN2CCC(c3nnc(-c4ccccc4F)o3)C2)cc1. The molecule has 1 unspecified atom stereocenters. The van der Waals surface area contributed by atoms with Crippen LogP contribution in [0, 0.1) is 12.7 Å². The minimum atomic E-state index is -0.342. The number of hydrogen-bond donors (Lipinski definition) is 0. The molecule has 0 N–H and O–H groups in total. The summed E-state index contributed by atoms with van der Waals surface area (Å²) in [4.78, 5) is 2.39. The average molecular weight is 337 g/mol. The summed E-state index contributed by atoms with van der Waals surface area (Å²) in [6.07, 6.45) is 0.977. The first-order chi connectivity index (χ1) is 12.2. The summed E-state index contributed by atoms with van der Waals surface area (Å²) in [7, 11) is 0. The molecule has 1 aliphatic heterocycles. The van der Waals surface area contributed by atoms with Crippen LogP contribution in [0.1, 0.15) is 29.4 Å². The van der Waals surface area contributed by atoms with Crippen molar-refractivity contribution in [3.05, 3.63) is 71.4 Å². The molecule has 0 bridgehead atoms. The van der Waals surface area contributed by atoms with Crippen molar-refractivity contribution in [1.82, 2.24) is 15.1 Å². The zero-order valence-corrected chi connectivity index (χ0v) is 14.2. The molecule has 1 atom stereocenters. The minimum Gasteiger partial charge on any atom is -0.420 e. The number of halogens is 1. The van der Waals surface area contributed by atoms with Crippen LogP contribution in [0.4, 0.5) is 4.39 Å². The molecule has 0 aliphatic carbocycles. The Morgan fingerprint density at radius 2 is 1.92 bits per heavy atom. The highest BCUT2D eigenvalue weighted by Crippen LogP contribution is 2.30. The molecule has 1 fully saturated rings. The summed E-state index contributed by atoms with van der Waals surface area (Å²) in [6, 6.07) is 15.1. The lowest BCUT2D eigenvalue weighted by atomic mass is 10.1. The quantitative estimate of drug-likeness (QED) is 0.716. The first-order valence-corrected chi connectivity index (χ1v) is 8.55. The number of hydrogen-bond acceptors (Lipinski definition) is 4. The van der Waals surface area contributed by atoms with Gasteiger partial charge in [0.05, 0.1) is 11.5 Å². The van der Waals surface area contributed by atoms with Gasteiger partial charge in [-0.1, -0.05) is 42.0 Å². The molecule has 25 heavy (non-hydrogen) atoms. The molecule has 0 amide bonds. The van der Waals surface area contributed by atoms with Crippen LogP contribution in [-0.4, -0.2) is 28.2 Å². The number of rotatable bonds is 4. The lowest BCUT2D eigenvalue weighted by Crippen LogP contribution is -2.19. The van der Waals surface area contributed by atoms with E-state index in [0.717, 1.165) is 26.1 Å². The fourth-order valence-electron chi connectivity index (χ4n) is 3.27. The highest BCUT2D eigenvalue weighted by molar-refractivity contribution is 5.53. The fraction of sp³-hybridized carbons (Fsp3) is 0.300. The zero-order chi connectivity index (χ0) is 17.2. The van der Waals surface area contributed by atoms with Crippen LogP contribution >= 0.6 is 0 Å². The molecule has 4 nitrogen and oxygen atoms in total. The lowest BCUT2D eigenvalue weighted by molar-refractivity contribution is 0.320. The molecule has 1 aliphatic rings. The molecule has 0 saturated carbocycles. The maximum absolute atomic E-state index is 13.9. The third-order valence-corrected chi connectivity index (χ3v) is 4.69. The van der Waals surface area contributed by atoms with E-state index in [1.807, 2.05) is 0 Å². The van der Waals surface area contributed by atoms with E-state index in [1.54, 1.807) is 18.2 Å². The third-order valence-electron chi connectivity index (χ3n) is 4.69. The summed E-state index contributed by atoms with van der Waals surface area (Å²) in [6.45, 7) is 4.90. The van der Waals surface area contributed by atoms with Crippen molar-refractivity contribution in [2.45, 2.75) is 25.8 Å². The number of aromatic nitrogens is 2. The highest BCUT2D eigenvalue weighted by Gasteiger charge is 2.28. The largest absolute Gasteiger partial charge is 0.420 e. The summed E-state index contributed by atoms with van der Waals surface area (Å²) >= 11 is 0.